The largest absolute Gasteiger partial charge is 0.355 e. The van der Waals surface area contributed by atoms with Crippen LogP contribution in [0.4, 0.5) is 0 Å². The van der Waals surface area contributed by atoms with Crippen LogP contribution in [0.15, 0.2) is 0 Å². The number of carbonyl (C=O) groups is 1. The SMILES string of the molecule is NC(CNC(=O)CC1CC1)C1CC1. The Morgan fingerprint density at radius 1 is 1.38 bits per heavy atom. The molecule has 0 saturated heterocycles. The van der Waals surface area contributed by atoms with Gasteiger partial charge in [0.25, 0.3) is 0 Å². The van der Waals surface area contributed by atoms with Gasteiger partial charge in [-0.25, -0.2) is 0 Å². The number of carbonyl (C=O) groups excluding carboxylic acids is 1. The molecule has 0 radical (unpaired) electrons. The highest BCUT2D eigenvalue weighted by Crippen LogP contribution is 2.32. The molecule has 0 aromatic carbocycles. The molecule has 1 unspecified atom stereocenters. The zero-order chi connectivity index (χ0) is 9.26. The van der Waals surface area contributed by atoms with E-state index in [1.807, 2.05) is 0 Å². The summed E-state index contributed by atoms with van der Waals surface area (Å²) < 4.78 is 0. The van der Waals surface area contributed by atoms with Crippen LogP contribution in [0, 0.1) is 11.8 Å². The number of rotatable bonds is 5. The first-order chi connectivity index (χ1) is 6.25. The van der Waals surface area contributed by atoms with Crippen molar-refractivity contribution < 1.29 is 4.79 Å². The molecule has 0 aliphatic heterocycles. The van der Waals surface area contributed by atoms with Crippen LogP contribution in [-0.4, -0.2) is 18.5 Å². The fourth-order valence-corrected chi connectivity index (χ4v) is 1.58. The lowest BCUT2D eigenvalue weighted by Crippen LogP contribution is -2.38. The first-order valence-corrected chi connectivity index (χ1v) is 5.28. The third-order valence-electron chi connectivity index (χ3n) is 2.93. The van der Waals surface area contributed by atoms with Gasteiger partial charge in [-0.2, -0.15) is 0 Å². The summed E-state index contributed by atoms with van der Waals surface area (Å²) in [4.78, 5) is 11.3. The highest BCUT2D eigenvalue weighted by Gasteiger charge is 2.29. The second kappa shape index (κ2) is 3.66. The third-order valence-corrected chi connectivity index (χ3v) is 2.93. The van der Waals surface area contributed by atoms with E-state index in [1.165, 1.54) is 25.7 Å². The maximum atomic E-state index is 11.3. The van der Waals surface area contributed by atoms with Crippen molar-refractivity contribution in [3.05, 3.63) is 0 Å². The molecule has 2 aliphatic carbocycles. The van der Waals surface area contributed by atoms with E-state index in [0.717, 1.165) is 6.42 Å². The van der Waals surface area contributed by atoms with Gasteiger partial charge in [0.15, 0.2) is 0 Å². The summed E-state index contributed by atoms with van der Waals surface area (Å²) >= 11 is 0. The Labute approximate surface area is 79.1 Å². The molecule has 0 aromatic rings. The normalized spacial score (nSPS) is 24.1. The lowest BCUT2D eigenvalue weighted by molar-refractivity contribution is -0.121. The summed E-state index contributed by atoms with van der Waals surface area (Å²) in [5.41, 5.74) is 5.86. The predicted octanol–water partition coefficient (Wildman–Crippen LogP) is 0.640. The molecule has 0 bridgehead atoms. The Balaban J connectivity index is 1.57. The van der Waals surface area contributed by atoms with Crippen LogP contribution in [0.1, 0.15) is 32.1 Å². The van der Waals surface area contributed by atoms with Crippen molar-refractivity contribution in [1.82, 2.24) is 5.32 Å². The van der Waals surface area contributed by atoms with Crippen LogP contribution in [0.25, 0.3) is 0 Å². The average molecular weight is 182 g/mol. The maximum Gasteiger partial charge on any atom is 0.220 e. The van der Waals surface area contributed by atoms with Crippen LogP contribution in [-0.2, 0) is 4.79 Å². The molecule has 74 valence electrons. The minimum atomic E-state index is 0.193. The van der Waals surface area contributed by atoms with Gasteiger partial charge >= 0.3 is 0 Å². The summed E-state index contributed by atoms with van der Waals surface area (Å²) in [6, 6.07) is 0.197. The number of hydrogen-bond acceptors (Lipinski definition) is 2. The summed E-state index contributed by atoms with van der Waals surface area (Å²) in [6.45, 7) is 0.677. The molecule has 0 aromatic heterocycles. The van der Waals surface area contributed by atoms with Crippen molar-refractivity contribution in [3.8, 4) is 0 Å². The van der Waals surface area contributed by atoms with E-state index in [9.17, 15) is 4.79 Å². The lowest BCUT2D eigenvalue weighted by atomic mass is 10.2. The Hall–Kier alpha value is -0.570. The number of nitrogens with one attached hydrogen (secondary N) is 1. The van der Waals surface area contributed by atoms with Gasteiger partial charge in [-0.3, -0.25) is 4.79 Å². The van der Waals surface area contributed by atoms with Crippen LogP contribution in [0.2, 0.25) is 0 Å². The van der Waals surface area contributed by atoms with E-state index >= 15 is 0 Å². The predicted molar refractivity (Wildman–Crippen MR) is 51.1 cm³/mol. The molecular weight excluding hydrogens is 164 g/mol. The topological polar surface area (TPSA) is 55.1 Å². The van der Waals surface area contributed by atoms with E-state index in [1.54, 1.807) is 0 Å². The average Bonchev–Trinajstić information content (AvgIpc) is 2.90. The molecule has 0 heterocycles. The molecule has 13 heavy (non-hydrogen) atoms. The Morgan fingerprint density at radius 3 is 2.62 bits per heavy atom. The van der Waals surface area contributed by atoms with E-state index < -0.39 is 0 Å². The van der Waals surface area contributed by atoms with Crippen LogP contribution in [0.3, 0.4) is 0 Å². The molecular formula is C10H18N2O. The van der Waals surface area contributed by atoms with Crippen LogP contribution in [0.5, 0.6) is 0 Å². The summed E-state index contributed by atoms with van der Waals surface area (Å²) in [5, 5.41) is 2.91. The van der Waals surface area contributed by atoms with Crippen molar-refractivity contribution in [2.75, 3.05) is 6.54 Å². The quantitative estimate of drug-likeness (QED) is 0.655. The second-order valence-corrected chi connectivity index (χ2v) is 4.45. The van der Waals surface area contributed by atoms with Gasteiger partial charge in [0.2, 0.25) is 5.91 Å². The highest BCUT2D eigenvalue weighted by atomic mass is 16.1. The molecule has 0 spiro atoms. The van der Waals surface area contributed by atoms with Crippen molar-refractivity contribution >= 4 is 5.91 Å². The third kappa shape index (κ3) is 2.99. The van der Waals surface area contributed by atoms with Gasteiger partial charge in [-0.05, 0) is 37.5 Å². The van der Waals surface area contributed by atoms with Crippen molar-refractivity contribution in [2.45, 2.75) is 38.1 Å². The number of amides is 1. The summed E-state index contributed by atoms with van der Waals surface area (Å²) in [7, 11) is 0. The highest BCUT2D eigenvalue weighted by molar-refractivity contribution is 5.76. The molecule has 2 rings (SSSR count). The van der Waals surface area contributed by atoms with Crippen molar-refractivity contribution in [2.24, 2.45) is 17.6 Å². The second-order valence-electron chi connectivity index (χ2n) is 4.45. The van der Waals surface area contributed by atoms with Crippen LogP contribution >= 0.6 is 0 Å². The standard InChI is InChI=1S/C10H18N2O/c11-9(8-3-4-8)6-12-10(13)5-7-1-2-7/h7-9H,1-6,11H2,(H,12,13). The first kappa shape index (κ1) is 9.00. The van der Waals surface area contributed by atoms with Gasteiger partial charge < -0.3 is 11.1 Å². The first-order valence-electron chi connectivity index (χ1n) is 5.28. The maximum absolute atomic E-state index is 11.3. The molecule has 2 fully saturated rings. The van der Waals surface area contributed by atoms with Gasteiger partial charge in [-0.1, -0.05) is 0 Å². The minimum Gasteiger partial charge on any atom is -0.355 e. The van der Waals surface area contributed by atoms with Crippen molar-refractivity contribution in [3.63, 3.8) is 0 Å². The van der Waals surface area contributed by atoms with E-state index in [0.29, 0.717) is 18.4 Å². The van der Waals surface area contributed by atoms with Gasteiger partial charge in [0.1, 0.15) is 0 Å². The van der Waals surface area contributed by atoms with E-state index in [4.69, 9.17) is 5.73 Å². The van der Waals surface area contributed by atoms with Gasteiger partial charge in [0.05, 0.1) is 0 Å². The molecule has 1 amide bonds. The zero-order valence-corrected chi connectivity index (χ0v) is 7.96. The molecule has 2 aliphatic rings. The molecule has 2 saturated carbocycles. The molecule has 1 atom stereocenters. The van der Waals surface area contributed by atoms with Gasteiger partial charge in [-0.15, -0.1) is 0 Å². The van der Waals surface area contributed by atoms with E-state index in [2.05, 4.69) is 5.32 Å². The summed E-state index contributed by atoms with van der Waals surface area (Å²) in [6.07, 6.45) is 5.70. The molecule has 3 heteroatoms. The molecule has 3 nitrogen and oxygen atoms in total. The van der Waals surface area contributed by atoms with Gasteiger partial charge in [0, 0.05) is 19.0 Å². The number of hydrogen-bond donors (Lipinski definition) is 2. The Morgan fingerprint density at radius 2 is 2.08 bits per heavy atom. The fourth-order valence-electron chi connectivity index (χ4n) is 1.58. The smallest absolute Gasteiger partial charge is 0.220 e. The monoisotopic (exact) mass is 182 g/mol. The Bertz CT molecular complexity index is 197. The fraction of sp³-hybridized carbons (Fsp3) is 0.900. The minimum absolute atomic E-state index is 0.193. The van der Waals surface area contributed by atoms with Crippen molar-refractivity contribution in [1.29, 1.82) is 0 Å². The lowest BCUT2D eigenvalue weighted by Gasteiger charge is -2.11. The Kier molecular flexibility index (Phi) is 2.54. The molecule has 3 N–H and O–H groups in total. The summed E-state index contributed by atoms with van der Waals surface area (Å²) in [5.74, 6) is 1.55. The van der Waals surface area contributed by atoms with Crippen LogP contribution < -0.4 is 11.1 Å². The van der Waals surface area contributed by atoms with E-state index in [-0.39, 0.29) is 11.9 Å². The zero-order valence-electron chi connectivity index (χ0n) is 7.96. The number of nitrogens with two attached hydrogens (primary N) is 1.